The first-order chi connectivity index (χ1) is 16.5. The van der Waals surface area contributed by atoms with E-state index in [1.807, 2.05) is 0 Å². The predicted octanol–water partition coefficient (Wildman–Crippen LogP) is 4.53. The van der Waals surface area contributed by atoms with E-state index in [9.17, 15) is 27.2 Å². The zero-order valence-electron chi connectivity index (χ0n) is 18.7. The third-order valence-corrected chi connectivity index (χ3v) is 5.20. The summed E-state index contributed by atoms with van der Waals surface area (Å²) in [6.07, 6.45) is -4.67. The van der Waals surface area contributed by atoms with Gasteiger partial charge in [-0.1, -0.05) is 11.2 Å². The Labute approximate surface area is 195 Å². The molecule has 12 heteroatoms. The van der Waals surface area contributed by atoms with Gasteiger partial charge in [-0.2, -0.15) is 18.3 Å². The van der Waals surface area contributed by atoms with E-state index in [4.69, 9.17) is 9.26 Å². The number of halogens is 4. The average molecular weight is 490 g/mol. The fraction of sp³-hybridized carbons (Fsp3) is 0.217. The summed E-state index contributed by atoms with van der Waals surface area (Å²) < 4.78 is 65.6. The van der Waals surface area contributed by atoms with Crippen LogP contribution in [0.5, 0.6) is 5.75 Å². The van der Waals surface area contributed by atoms with Crippen molar-refractivity contribution in [3.63, 3.8) is 0 Å². The smallest absolute Gasteiger partial charge is 0.419 e. The van der Waals surface area contributed by atoms with Crippen LogP contribution in [0.1, 0.15) is 23.7 Å². The number of hydrogen-bond donors (Lipinski definition) is 1. The van der Waals surface area contributed by atoms with Crippen LogP contribution in [0.4, 0.5) is 23.2 Å². The lowest BCUT2D eigenvalue weighted by molar-refractivity contribution is -0.138. The standard InChI is InChI=1S/C23H18F4N4O4/c1-11-19-21(35-30-11)20(14-5-6-16(24)17(9-14)28-12(2)32)29-31(22(19)33)10-13-4-7-18(34-3)15(8-13)23(25,26)27/h4-9H,10H2,1-3H3,(H,28,32). The van der Waals surface area contributed by atoms with E-state index in [1.165, 1.54) is 32.0 Å². The Hall–Kier alpha value is -4.22. The lowest BCUT2D eigenvalue weighted by Gasteiger charge is -2.14. The van der Waals surface area contributed by atoms with Gasteiger partial charge in [-0.05, 0) is 42.8 Å². The highest BCUT2D eigenvalue weighted by Crippen LogP contribution is 2.37. The van der Waals surface area contributed by atoms with Crippen molar-refractivity contribution < 1.29 is 31.6 Å². The normalized spacial score (nSPS) is 11.6. The van der Waals surface area contributed by atoms with Crippen LogP contribution in [0, 0.1) is 12.7 Å². The van der Waals surface area contributed by atoms with Gasteiger partial charge in [0.15, 0.2) is 0 Å². The fourth-order valence-electron chi connectivity index (χ4n) is 3.63. The number of fused-ring (bicyclic) bond motifs is 1. The highest BCUT2D eigenvalue weighted by Gasteiger charge is 2.34. The molecule has 1 N–H and O–H groups in total. The van der Waals surface area contributed by atoms with Gasteiger partial charge in [-0.15, -0.1) is 0 Å². The SMILES string of the molecule is COc1ccc(Cn2nc(-c3ccc(F)c(NC(C)=O)c3)c3onc(C)c3c2=O)cc1C(F)(F)F. The molecule has 2 aromatic carbocycles. The molecule has 4 aromatic rings. The maximum atomic E-state index is 14.2. The fourth-order valence-corrected chi connectivity index (χ4v) is 3.63. The minimum Gasteiger partial charge on any atom is -0.496 e. The van der Waals surface area contributed by atoms with Gasteiger partial charge in [0, 0.05) is 12.5 Å². The molecular formula is C23H18F4N4O4. The number of hydrogen-bond acceptors (Lipinski definition) is 6. The largest absolute Gasteiger partial charge is 0.496 e. The van der Waals surface area contributed by atoms with Crippen molar-refractivity contribution in [2.75, 3.05) is 12.4 Å². The molecule has 4 rings (SSSR count). The van der Waals surface area contributed by atoms with Crippen molar-refractivity contribution in [3.05, 3.63) is 69.4 Å². The van der Waals surface area contributed by atoms with Gasteiger partial charge in [0.2, 0.25) is 11.5 Å². The van der Waals surface area contributed by atoms with Gasteiger partial charge in [0.05, 0.1) is 30.6 Å². The summed E-state index contributed by atoms with van der Waals surface area (Å²) in [4.78, 5) is 24.5. The molecule has 182 valence electrons. The molecule has 8 nitrogen and oxygen atoms in total. The maximum Gasteiger partial charge on any atom is 0.419 e. The van der Waals surface area contributed by atoms with Crippen LogP contribution >= 0.6 is 0 Å². The summed E-state index contributed by atoms with van der Waals surface area (Å²) in [5.41, 5.74) is -0.948. The van der Waals surface area contributed by atoms with Crippen molar-refractivity contribution in [2.45, 2.75) is 26.6 Å². The second kappa shape index (κ2) is 8.85. The number of anilines is 1. The second-order valence-electron chi connectivity index (χ2n) is 7.69. The molecule has 0 saturated heterocycles. The number of aryl methyl sites for hydroxylation is 1. The minimum atomic E-state index is -4.67. The van der Waals surface area contributed by atoms with Gasteiger partial charge < -0.3 is 14.6 Å². The molecule has 35 heavy (non-hydrogen) atoms. The molecule has 0 aliphatic rings. The van der Waals surface area contributed by atoms with Crippen LogP contribution < -0.4 is 15.6 Å². The van der Waals surface area contributed by atoms with E-state index < -0.39 is 29.0 Å². The summed E-state index contributed by atoms with van der Waals surface area (Å²) >= 11 is 0. The summed E-state index contributed by atoms with van der Waals surface area (Å²) in [5.74, 6) is -1.55. The molecule has 0 atom stereocenters. The van der Waals surface area contributed by atoms with Gasteiger partial charge in [-0.3, -0.25) is 9.59 Å². The zero-order valence-corrected chi connectivity index (χ0v) is 18.7. The van der Waals surface area contributed by atoms with Crippen molar-refractivity contribution in [1.82, 2.24) is 14.9 Å². The van der Waals surface area contributed by atoms with Gasteiger partial charge in [-0.25, -0.2) is 9.07 Å². The van der Waals surface area contributed by atoms with Gasteiger partial charge in [0.1, 0.15) is 22.6 Å². The lowest BCUT2D eigenvalue weighted by Crippen LogP contribution is -2.24. The van der Waals surface area contributed by atoms with Crippen molar-refractivity contribution in [3.8, 4) is 17.0 Å². The van der Waals surface area contributed by atoms with E-state index in [2.05, 4.69) is 15.6 Å². The number of aromatic nitrogens is 3. The summed E-state index contributed by atoms with van der Waals surface area (Å²) in [6, 6.07) is 7.20. The highest BCUT2D eigenvalue weighted by molar-refractivity contribution is 5.93. The highest BCUT2D eigenvalue weighted by atomic mass is 19.4. The first-order valence-corrected chi connectivity index (χ1v) is 10.2. The number of benzene rings is 2. The van der Waals surface area contributed by atoms with E-state index in [0.717, 1.165) is 30.0 Å². The molecule has 1 amide bonds. The van der Waals surface area contributed by atoms with Crippen molar-refractivity contribution >= 4 is 22.6 Å². The molecule has 0 aliphatic carbocycles. The van der Waals surface area contributed by atoms with Gasteiger partial charge >= 0.3 is 6.18 Å². The molecule has 0 spiro atoms. The number of nitrogens with zero attached hydrogens (tertiary/aromatic N) is 3. The number of rotatable bonds is 5. The number of amides is 1. The molecule has 0 bridgehead atoms. The first kappa shape index (κ1) is 23.9. The predicted molar refractivity (Wildman–Crippen MR) is 118 cm³/mol. The Morgan fingerprint density at radius 2 is 1.94 bits per heavy atom. The molecule has 2 aromatic heterocycles. The van der Waals surface area contributed by atoms with E-state index in [1.54, 1.807) is 0 Å². The molecular weight excluding hydrogens is 472 g/mol. The van der Waals surface area contributed by atoms with Crippen LogP contribution in [-0.4, -0.2) is 28.0 Å². The van der Waals surface area contributed by atoms with Crippen LogP contribution in [0.2, 0.25) is 0 Å². The molecule has 0 fully saturated rings. The Bertz CT molecular complexity index is 1510. The number of methoxy groups -OCH3 is 1. The zero-order chi connectivity index (χ0) is 25.5. The topological polar surface area (TPSA) is 99.2 Å². The number of nitrogens with one attached hydrogen (secondary N) is 1. The molecule has 0 unspecified atom stereocenters. The molecule has 0 radical (unpaired) electrons. The second-order valence-corrected chi connectivity index (χ2v) is 7.69. The Morgan fingerprint density at radius 1 is 1.20 bits per heavy atom. The van der Waals surface area contributed by atoms with Crippen LogP contribution in [0.25, 0.3) is 22.2 Å². The van der Waals surface area contributed by atoms with E-state index in [0.29, 0.717) is 0 Å². The van der Waals surface area contributed by atoms with Crippen LogP contribution in [0.3, 0.4) is 0 Å². The van der Waals surface area contributed by atoms with Crippen LogP contribution in [-0.2, 0) is 17.5 Å². The van der Waals surface area contributed by atoms with Crippen LogP contribution in [0.15, 0.2) is 45.7 Å². The summed E-state index contributed by atoms with van der Waals surface area (Å²) in [6.45, 7) is 2.44. The number of alkyl halides is 3. The van der Waals surface area contributed by atoms with Gasteiger partial charge in [0.25, 0.3) is 5.56 Å². The quantitative estimate of drug-likeness (QED) is 0.413. The number of carbonyl (C=O) groups is 1. The number of carbonyl (C=O) groups excluding carboxylic acids is 1. The molecule has 2 heterocycles. The Balaban J connectivity index is 1.88. The lowest BCUT2D eigenvalue weighted by atomic mass is 10.1. The first-order valence-electron chi connectivity index (χ1n) is 10.2. The summed E-state index contributed by atoms with van der Waals surface area (Å²) in [5, 5.41) is 10.5. The molecule has 0 aliphatic heterocycles. The summed E-state index contributed by atoms with van der Waals surface area (Å²) in [7, 11) is 1.13. The maximum absolute atomic E-state index is 14.2. The van der Waals surface area contributed by atoms with Crippen molar-refractivity contribution in [2.24, 2.45) is 0 Å². The Morgan fingerprint density at radius 3 is 2.60 bits per heavy atom. The van der Waals surface area contributed by atoms with E-state index in [-0.39, 0.29) is 51.5 Å². The van der Waals surface area contributed by atoms with Crippen molar-refractivity contribution in [1.29, 1.82) is 0 Å². The Kier molecular flexibility index (Phi) is 6.05. The number of ether oxygens (including phenoxy) is 1. The molecule has 0 saturated carbocycles. The third-order valence-electron chi connectivity index (χ3n) is 5.20. The monoisotopic (exact) mass is 490 g/mol. The minimum absolute atomic E-state index is 0.0230. The third kappa shape index (κ3) is 4.59. The van der Waals surface area contributed by atoms with E-state index >= 15 is 0 Å². The average Bonchev–Trinajstić information content (AvgIpc) is 3.18.